The van der Waals surface area contributed by atoms with E-state index in [9.17, 15) is 19.5 Å². The second-order valence-corrected chi connectivity index (χ2v) is 13.5. The number of benzene rings is 2. The first kappa shape index (κ1) is 32.6. The number of aliphatic carboxylic acids is 1. The van der Waals surface area contributed by atoms with Crippen LogP contribution in [0.4, 0.5) is 4.79 Å². The SMILES string of the molecule is COC(=O)N[C@H](C(=O)N1CCC[C@H]1c1ncc(-c2ccc(-c3ccc(-c4cnc(C5C6CC[C@H](C6)[C@@H]5C(=O)O)[nH]4)cc3)cc2)[nH]1)[C@@H](C)OC. The Morgan fingerprint density at radius 3 is 2.02 bits per heavy atom. The number of methoxy groups -OCH3 is 2. The highest BCUT2D eigenvalue weighted by Gasteiger charge is 2.52. The number of carbonyl (C=O) groups is 3. The Hall–Kier alpha value is -4.97. The molecule has 3 heterocycles. The Kier molecular flexibility index (Phi) is 8.98. The third-order valence-electron chi connectivity index (χ3n) is 10.9. The third-order valence-corrected chi connectivity index (χ3v) is 10.9. The van der Waals surface area contributed by atoms with Gasteiger partial charge in [0.1, 0.15) is 17.7 Å². The molecule has 3 aliphatic rings. The quantitative estimate of drug-likeness (QED) is 0.166. The van der Waals surface area contributed by atoms with Crippen molar-refractivity contribution < 1.29 is 29.0 Å². The fraction of sp³-hybridized carbons (Fsp3) is 0.432. The number of alkyl carbamates (subject to hydrolysis) is 1. The first-order valence-corrected chi connectivity index (χ1v) is 17.0. The van der Waals surface area contributed by atoms with Crippen LogP contribution in [-0.2, 0) is 19.1 Å². The molecule has 0 spiro atoms. The highest BCUT2D eigenvalue weighted by molar-refractivity contribution is 5.87. The van der Waals surface area contributed by atoms with Crippen LogP contribution in [0.1, 0.15) is 62.6 Å². The average Bonchev–Trinajstić information content (AvgIpc) is 3.98. The van der Waals surface area contributed by atoms with Gasteiger partial charge in [-0.3, -0.25) is 9.59 Å². The van der Waals surface area contributed by atoms with Gasteiger partial charge in [0.15, 0.2) is 0 Å². The summed E-state index contributed by atoms with van der Waals surface area (Å²) in [6, 6.07) is 15.4. The van der Waals surface area contributed by atoms with Crippen molar-refractivity contribution in [1.82, 2.24) is 30.2 Å². The van der Waals surface area contributed by atoms with E-state index in [4.69, 9.17) is 9.47 Å². The minimum atomic E-state index is -0.885. The van der Waals surface area contributed by atoms with E-state index in [0.717, 1.165) is 71.6 Å². The van der Waals surface area contributed by atoms with Crippen LogP contribution < -0.4 is 5.32 Å². The van der Waals surface area contributed by atoms with E-state index in [-0.39, 0.29) is 29.7 Å². The number of imidazole rings is 2. The molecule has 2 bridgehead atoms. The van der Waals surface area contributed by atoms with E-state index in [2.05, 4.69) is 61.7 Å². The number of likely N-dealkylation sites (tertiary alicyclic amines) is 1. The smallest absolute Gasteiger partial charge is 0.407 e. The highest BCUT2D eigenvalue weighted by Crippen LogP contribution is 2.56. The van der Waals surface area contributed by atoms with E-state index in [1.54, 1.807) is 18.0 Å². The molecule has 2 aromatic carbocycles. The molecule has 12 nitrogen and oxygen atoms in total. The number of hydrogen-bond acceptors (Lipinski definition) is 7. The molecule has 49 heavy (non-hydrogen) atoms. The van der Waals surface area contributed by atoms with E-state index in [0.29, 0.717) is 18.3 Å². The Morgan fingerprint density at radius 1 is 0.857 bits per heavy atom. The first-order chi connectivity index (χ1) is 23.7. The second kappa shape index (κ2) is 13.5. The molecule has 7 atom stereocenters. The Balaban J connectivity index is 1.02. The van der Waals surface area contributed by atoms with Gasteiger partial charge in [-0.25, -0.2) is 14.8 Å². The summed E-state index contributed by atoms with van der Waals surface area (Å²) in [5.74, 6) is 0.812. The van der Waals surface area contributed by atoms with Crippen LogP contribution in [0.5, 0.6) is 0 Å². The van der Waals surface area contributed by atoms with Crippen LogP contribution in [0.15, 0.2) is 60.9 Å². The molecule has 12 heteroatoms. The van der Waals surface area contributed by atoms with Gasteiger partial charge in [0.05, 0.1) is 49.0 Å². The number of amides is 2. The van der Waals surface area contributed by atoms with Crippen LogP contribution in [-0.4, -0.2) is 80.8 Å². The maximum absolute atomic E-state index is 13.6. The van der Waals surface area contributed by atoms with Gasteiger partial charge in [-0.2, -0.15) is 0 Å². The number of hydrogen-bond donors (Lipinski definition) is 4. The maximum Gasteiger partial charge on any atom is 0.407 e. The van der Waals surface area contributed by atoms with Crippen molar-refractivity contribution in [2.45, 2.75) is 63.1 Å². The molecule has 2 unspecified atom stereocenters. The largest absolute Gasteiger partial charge is 0.481 e. The minimum absolute atomic E-state index is 0.0410. The number of carbonyl (C=O) groups excluding carboxylic acids is 2. The van der Waals surface area contributed by atoms with Crippen molar-refractivity contribution in [3.05, 3.63) is 72.6 Å². The number of fused-ring (bicyclic) bond motifs is 2. The van der Waals surface area contributed by atoms with Gasteiger partial charge in [-0.05, 0) is 73.1 Å². The summed E-state index contributed by atoms with van der Waals surface area (Å²) >= 11 is 0. The lowest BCUT2D eigenvalue weighted by Crippen LogP contribution is -2.54. The summed E-state index contributed by atoms with van der Waals surface area (Å²) in [4.78, 5) is 55.4. The molecular formula is C37H42N6O6. The predicted octanol–water partition coefficient (Wildman–Crippen LogP) is 5.77. The van der Waals surface area contributed by atoms with Crippen molar-refractivity contribution in [1.29, 1.82) is 0 Å². The predicted molar refractivity (Wildman–Crippen MR) is 181 cm³/mol. The molecule has 4 N–H and O–H groups in total. The van der Waals surface area contributed by atoms with Crippen LogP contribution in [0.25, 0.3) is 33.6 Å². The highest BCUT2D eigenvalue weighted by atomic mass is 16.5. The maximum atomic E-state index is 13.6. The van der Waals surface area contributed by atoms with Crippen LogP contribution in [0, 0.1) is 17.8 Å². The zero-order chi connectivity index (χ0) is 34.2. The van der Waals surface area contributed by atoms with Gasteiger partial charge < -0.3 is 34.8 Å². The summed E-state index contributed by atoms with van der Waals surface area (Å²) in [5.41, 5.74) is 5.85. The van der Waals surface area contributed by atoms with E-state index in [1.807, 2.05) is 18.3 Å². The number of rotatable bonds is 10. The van der Waals surface area contributed by atoms with Crippen molar-refractivity contribution in [3.8, 4) is 33.6 Å². The van der Waals surface area contributed by atoms with Gasteiger partial charge >= 0.3 is 12.1 Å². The number of carboxylic acid groups (broad SMARTS) is 1. The standard InChI is InChI=1S/C37H42N6O6/c1-20(48-2)32(42-37(47)49-3)35(44)43-16-4-5-29(43)33-38-18-27(40-33)23-10-6-21(7-11-23)22-8-12-24(13-9-22)28-19-39-34(41-28)30-25-14-15-26(17-25)31(30)36(45)46/h6-13,18-20,25-26,29-32H,4-5,14-17H2,1-3H3,(H,38,40)(H,39,41)(H,42,47)(H,45,46)/t20-,25?,26-,29+,30?,31+,32+/m1/s1. The molecule has 2 saturated carbocycles. The lowest BCUT2D eigenvalue weighted by molar-refractivity contribution is -0.144. The van der Waals surface area contributed by atoms with Gasteiger partial charge in [-0.1, -0.05) is 48.5 Å². The molecule has 0 radical (unpaired) electrons. The second-order valence-electron chi connectivity index (χ2n) is 13.5. The average molecular weight is 667 g/mol. The topological polar surface area (TPSA) is 163 Å². The van der Waals surface area contributed by atoms with E-state index >= 15 is 0 Å². The number of aromatic amines is 2. The van der Waals surface area contributed by atoms with Crippen molar-refractivity contribution in [2.24, 2.45) is 17.8 Å². The minimum Gasteiger partial charge on any atom is -0.481 e. The molecule has 2 aromatic heterocycles. The van der Waals surface area contributed by atoms with Crippen molar-refractivity contribution in [3.63, 3.8) is 0 Å². The summed E-state index contributed by atoms with van der Waals surface area (Å²) in [7, 11) is 2.76. The molecule has 3 fully saturated rings. The van der Waals surface area contributed by atoms with Gasteiger partial charge in [-0.15, -0.1) is 0 Å². The Morgan fingerprint density at radius 2 is 1.43 bits per heavy atom. The fourth-order valence-corrected chi connectivity index (χ4v) is 8.23. The number of carboxylic acids is 1. The molecule has 256 valence electrons. The summed E-state index contributed by atoms with van der Waals surface area (Å²) in [6.07, 6.45) is 7.02. The first-order valence-electron chi connectivity index (χ1n) is 17.0. The number of nitrogens with one attached hydrogen (secondary N) is 3. The molecular weight excluding hydrogens is 624 g/mol. The number of ether oxygens (including phenoxy) is 2. The zero-order valence-electron chi connectivity index (χ0n) is 27.9. The third kappa shape index (κ3) is 6.21. The van der Waals surface area contributed by atoms with Gasteiger partial charge in [0.25, 0.3) is 0 Å². The monoisotopic (exact) mass is 666 g/mol. The normalized spacial score (nSPS) is 24.1. The van der Waals surface area contributed by atoms with Crippen LogP contribution in [0.2, 0.25) is 0 Å². The molecule has 2 aliphatic carbocycles. The van der Waals surface area contributed by atoms with Crippen LogP contribution >= 0.6 is 0 Å². The van der Waals surface area contributed by atoms with Crippen molar-refractivity contribution in [2.75, 3.05) is 20.8 Å². The van der Waals surface area contributed by atoms with Crippen LogP contribution in [0.3, 0.4) is 0 Å². The van der Waals surface area contributed by atoms with Crippen molar-refractivity contribution >= 4 is 18.0 Å². The zero-order valence-corrected chi connectivity index (χ0v) is 27.9. The van der Waals surface area contributed by atoms with Gasteiger partial charge in [0.2, 0.25) is 5.91 Å². The molecule has 4 aromatic rings. The van der Waals surface area contributed by atoms with Gasteiger partial charge in [0, 0.05) is 19.6 Å². The van der Waals surface area contributed by atoms with E-state index < -0.39 is 24.2 Å². The lowest BCUT2D eigenvalue weighted by Gasteiger charge is -2.30. The summed E-state index contributed by atoms with van der Waals surface area (Å²) in [5, 5.41) is 12.5. The summed E-state index contributed by atoms with van der Waals surface area (Å²) in [6.45, 7) is 2.29. The molecule has 7 rings (SSSR count). The fourth-order valence-electron chi connectivity index (χ4n) is 8.23. The van der Waals surface area contributed by atoms with E-state index in [1.165, 1.54) is 14.2 Å². The molecule has 1 aliphatic heterocycles. The molecule has 2 amide bonds. The Labute approximate surface area is 284 Å². The Bertz CT molecular complexity index is 1820. The number of nitrogens with zero attached hydrogens (tertiary/aromatic N) is 3. The number of H-pyrrole nitrogens is 2. The molecule has 1 saturated heterocycles. The number of aromatic nitrogens is 4. The lowest BCUT2D eigenvalue weighted by atomic mass is 9.79. The summed E-state index contributed by atoms with van der Waals surface area (Å²) < 4.78 is 10.1.